The van der Waals surface area contributed by atoms with Crippen molar-refractivity contribution in [2.45, 2.75) is 6.92 Å². The number of nitrogens with two attached hydrogens (primary N) is 1. The molecule has 0 heterocycles. The largest absolute Gasteiger partial charge is 0.389 e. The van der Waals surface area contributed by atoms with Crippen molar-refractivity contribution in [3.63, 3.8) is 0 Å². The number of hydrogen-bond acceptors (Lipinski definition) is 2. The fourth-order valence-corrected chi connectivity index (χ4v) is 2.01. The number of carbonyl (C=O) groups is 1. The molecule has 21 heavy (non-hydrogen) atoms. The van der Waals surface area contributed by atoms with E-state index in [1.807, 2.05) is 6.92 Å². The SMILES string of the molecule is Cc1ccc(C(=O)Nc2ccc(C(N)=S)cc2F)cc1Cl. The highest BCUT2D eigenvalue weighted by Crippen LogP contribution is 2.20. The number of halogens is 2. The molecule has 6 heteroatoms. The number of nitrogens with one attached hydrogen (secondary N) is 1. The highest BCUT2D eigenvalue weighted by atomic mass is 35.5. The number of amides is 1. The second-order valence-corrected chi connectivity index (χ2v) is 5.32. The zero-order valence-corrected chi connectivity index (χ0v) is 12.7. The zero-order valence-electron chi connectivity index (χ0n) is 11.1. The van der Waals surface area contributed by atoms with Gasteiger partial charge in [0.25, 0.3) is 5.91 Å². The average Bonchev–Trinajstić information content (AvgIpc) is 2.43. The normalized spacial score (nSPS) is 10.2. The second kappa shape index (κ2) is 6.20. The van der Waals surface area contributed by atoms with Crippen molar-refractivity contribution in [2.75, 3.05) is 5.32 Å². The third kappa shape index (κ3) is 3.56. The van der Waals surface area contributed by atoms with Crippen molar-refractivity contribution < 1.29 is 9.18 Å². The van der Waals surface area contributed by atoms with Crippen molar-refractivity contribution in [3.05, 3.63) is 63.9 Å². The molecule has 0 aliphatic rings. The van der Waals surface area contributed by atoms with Crippen LogP contribution in [0.15, 0.2) is 36.4 Å². The summed E-state index contributed by atoms with van der Waals surface area (Å²) in [6.45, 7) is 1.83. The zero-order chi connectivity index (χ0) is 15.6. The molecule has 0 atom stereocenters. The highest BCUT2D eigenvalue weighted by molar-refractivity contribution is 7.80. The molecule has 108 valence electrons. The van der Waals surface area contributed by atoms with E-state index in [1.54, 1.807) is 18.2 Å². The number of hydrogen-bond donors (Lipinski definition) is 2. The highest BCUT2D eigenvalue weighted by Gasteiger charge is 2.11. The maximum Gasteiger partial charge on any atom is 0.255 e. The van der Waals surface area contributed by atoms with E-state index in [9.17, 15) is 9.18 Å². The Morgan fingerprint density at radius 3 is 2.48 bits per heavy atom. The van der Waals surface area contributed by atoms with E-state index in [0.717, 1.165) is 5.56 Å². The summed E-state index contributed by atoms with van der Waals surface area (Å²) in [5.74, 6) is -1.05. The second-order valence-electron chi connectivity index (χ2n) is 4.48. The van der Waals surface area contributed by atoms with Crippen LogP contribution in [0.5, 0.6) is 0 Å². The quantitative estimate of drug-likeness (QED) is 0.848. The molecular formula is C15H12ClFN2OS. The third-order valence-electron chi connectivity index (χ3n) is 2.94. The first-order valence-corrected chi connectivity index (χ1v) is 6.84. The maximum atomic E-state index is 13.9. The molecule has 0 spiro atoms. The van der Waals surface area contributed by atoms with E-state index in [2.05, 4.69) is 5.32 Å². The average molecular weight is 323 g/mol. The van der Waals surface area contributed by atoms with Crippen LogP contribution in [-0.4, -0.2) is 10.9 Å². The van der Waals surface area contributed by atoms with Gasteiger partial charge >= 0.3 is 0 Å². The van der Waals surface area contributed by atoms with Gasteiger partial charge in [-0.1, -0.05) is 29.9 Å². The topological polar surface area (TPSA) is 55.1 Å². The molecule has 0 bridgehead atoms. The molecular weight excluding hydrogens is 311 g/mol. The van der Waals surface area contributed by atoms with Crippen LogP contribution in [0.1, 0.15) is 21.5 Å². The van der Waals surface area contributed by atoms with Gasteiger partial charge in [0.15, 0.2) is 0 Å². The smallest absolute Gasteiger partial charge is 0.255 e. The predicted molar refractivity (Wildman–Crippen MR) is 86.4 cm³/mol. The van der Waals surface area contributed by atoms with Gasteiger partial charge in [-0.05, 0) is 42.8 Å². The Morgan fingerprint density at radius 2 is 1.90 bits per heavy atom. The molecule has 0 saturated heterocycles. The van der Waals surface area contributed by atoms with Gasteiger partial charge in [-0.2, -0.15) is 0 Å². The Kier molecular flexibility index (Phi) is 4.55. The minimum Gasteiger partial charge on any atom is -0.389 e. The fourth-order valence-electron chi connectivity index (χ4n) is 1.70. The molecule has 3 nitrogen and oxygen atoms in total. The number of benzene rings is 2. The van der Waals surface area contributed by atoms with Crippen LogP contribution in [-0.2, 0) is 0 Å². The Morgan fingerprint density at radius 1 is 1.24 bits per heavy atom. The first kappa shape index (κ1) is 15.4. The first-order valence-electron chi connectivity index (χ1n) is 6.05. The van der Waals surface area contributed by atoms with E-state index in [1.165, 1.54) is 18.2 Å². The van der Waals surface area contributed by atoms with Crippen LogP contribution in [0.2, 0.25) is 5.02 Å². The Balaban J connectivity index is 2.23. The lowest BCUT2D eigenvalue weighted by Gasteiger charge is -2.08. The van der Waals surface area contributed by atoms with Gasteiger partial charge in [0.05, 0.1) is 5.69 Å². The summed E-state index contributed by atoms with van der Waals surface area (Å²) in [6, 6.07) is 9.02. The van der Waals surface area contributed by atoms with Crippen LogP contribution < -0.4 is 11.1 Å². The molecule has 2 aromatic rings. The molecule has 3 N–H and O–H groups in total. The van der Waals surface area contributed by atoms with Crippen LogP contribution in [0.4, 0.5) is 10.1 Å². The lowest BCUT2D eigenvalue weighted by atomic mass is 10.1. The molecule has 0 radical (unpaired) electrons. The van der Waals surface area contributed by atoms with Gasteiger partial charge in [-0.15, -0.1) is 0 Å². The molecule has 0 aliphatic heterocycles. The molecule has 2 rings (SSSR count). The molecule has 0 aliphatic carbocycles. The minimum atomic E-state index is -0.605. The van der Waals surface area contributed by atoms with E-state index >= 15 is 0 Å². The van der Waals surface area contributed by atoms with Gasteiger partial charge in [0.2, 0.25) is 0 Å². The summed E-state index contributed by atoms with van der Waals surface area (Å²) < 4.78 is 13.9. The summed E-state index contributed by atoms with van der Waals surface area (Å²) in [6.07, 6.45) is 0. The van der Waals surface area contributed by atoms with Crippen molar-refractivity contribution in [1.82, 2.24) is 0 Å². The van der Waals surface area contributed by atoms with Crippen LogP contribution in [0.3, 0.4) is 0 Å². The van der Waals surface area contributed by atoms with Crippen LogP contribution in [0, 0.1) is 12.7 Å². The first-order chi connectivity index (χ1) is 9.88. The van der Waals surface area contributed by atoms with Crippen molar-refractivity contribution in [3.8, 4) is 0 Å². The van der Waals surface area contributed by atoms with E-state index in [-0.39, 0.29) is 10.7 Å². The maximum absolute atomic E-state index is 13.9. The van der Waals surface area contributed by atoms with Gasteiger partial charge < -0.3 is 11.1 Å². The number of carbonyl (C=O) groups excluding carboxylic acids is 1. The lowest BCUT2D eigenvalue weighted by molar-refractivity contribution is 0.102. The molecule has 0 aromatic heterocycles. The number of thiocarbonyl (C=S) groups is 1. The fraction of sp³-hybridized carbons (Fsp3) is 0.0667. The summed E-state index contributed by atoms with van der Waals surface area (Å²) in [5.41, 5.74) is 7.08. The van der Waals surface area contributed by atoms with Gasteiger partial charge in [-0.3, -0.25) is 4.79 Å². The van der Waals surface area contributed by atoms with Gasteiger partial charge in [0.1, 0.15) is 10.8 Å². The third-order valence-corrected chi connectivity index (χ3v) is 3.58. The summed E-state index contributed by atoms with van der Waals surface area (Å²) in [4.78, 5) is 12.2. The molecule has 0 fully saturated rings. The van der Waals surface area contributed by atoms with E-state index < -0.39 is 11.7 Å². The van der Waals surface area contributed by atoms with Gasteiger partial charge in [0, 0.05) is 16.1 Å². The number of aryl methyl sites for hydroxylation is 1. The van der Waals surface area contributed by atoms with E-state index in [4.69, 9.17) is 29.6 Å². The predicted octanol–water partition coefficient (Wildman–Crippen LogP) is 3.67. The van der Waals surface area contributed by atoms with Crippen molar-refractivity contribution in [2.24, 2.45) is 5.73 Å². The monoisotopic (exact) mass is 322 g/mol. The molecule has 2 aromatic carbocycles. The number of rotatable bonds is 3. The number of anilines is 1. The van der Waals surface area contributed by atoms with Crippen molar-refractivity contribution >= 4 is 40.4 Å². The molecule has 0 unspecified atom stereocenters. The van der Waals surface area contributed by atoms with Crippen LogP contribution in [0.25, 0.3) is 0 Å². The van der Waals surface area contributed by atoms with E-state index in [0.29, 0.717) is 16.1 Å². The Hall–Kier alpha value is -1.98. The molecule has 0 saturated carbocycles. The van der Waals surface area contributed by atoms with Crippen LogP contribution >= 0.6 is 23.8 Å². The Bertz CT molecular complexity index is 734. The minimum absolute atomic E-state index is 0.0525. The molecule has 1 amide bonds. The Labute approximate surface area is 131 Å². The van der Waals surface area contributed by atoms with Gasteiger partial charge in [-0.25, -0.2) is 4.39 Å². The van der Waals surface area contributed by atoms with Crippen molar-refractivity contribution in [1.29, 1.82) is 0 Å². The summed E-state index contributed by atoms with van der Waals surface area (Å²) >= 11 is 10.7. The standard InChI is InChI=1S/C15H12ClFN2OS/c1-8-2-3-10(6-11(8)16)15(20)19-13-5-4-9(14(18)21)7-12(13)17/h2-7H,1H3,(H2,18,21)(H,19,20). The summed E-state index contributed by atoms with van der Waals surface area (Å²) in [7, 11) is 0. The summed E-state index contributed by atoms with van der Waals surface area (Å²) in [5, 5.41) is 2.96. The lowest BCUT2D eigenvalue weighted by Crippen LogP contribution is -2.14.